The van der Waals surface area contributed by atoms with Crippen LogP contribution in [-0.2, 0) is 14.3 Å². The number of rotatable bonds is 7. The summed E-state index contributed by atoms with van der Waals surface area (Å²) in [6.45, 7) is 0.0937. The summed E-state index contributed by atoms with van der Waals surface area (Å²) in [5.74, 6) is 4.61. The number of hydrogen-bond acceptors (Lipinski definition) is 10. The Kier molecular flexibility index (Phi) is 7.78. The molecule has 0 aromatic carbocycles. The van der Waals surface area contributed by atoms with Crippen LogP contribution in [0.3, 0.4) is 0 Å². The molecule has 0 aromatic rings. The summed E-state index contributed by atoms with van der Waals surface area (Å²) in [6, 6.07) is -0.938. The smallest absolute Gasteiger partial charge is 0.217 e. The van der Waals surface area contributed by atoms with Crippen molar-refractivity contribution in [2.75, 3.05) is 13.2 Å². The Balaban J connectivity index is 2.87. The lowest BCUT2D eigenvalue weighted by Gasteiger charge is -2.41. The molecule has 1 amide bonds. The van der Waals surface area contributed by atoms with E-state index in [9.17, 15) is 25.2 Å². The van der Waals surface area contributed by atoms with Crippen molar-refractivity contribution in [3.05, 3.63) is 0 Å². The highest BCUT2D eigenvalue weighted by Gasteiger charge is 2.45. The molecule has 1 aliphatic heterocycles. The first kappa shape index (κ1) is 19.7. The number of nitrogens with two attached hydrogens (primary N) is 1. The molecule has 23 heavy (non-hydrogen) atoms. The van der Waals surface area contributed by atoms with Crippen molar-refractivity contribution in [1.29, 1.82) is 0 Å². The maximum absolute atomic E-state index is 11.1. The first-order chi connectivity index (χ1) is 10.8. The van der Waals surface area contributed by atoms with E-state index in [-0.39, 0.29) is 0 Å². The molecular formula is C12H23N3O8. The van der Waals surface area contributed by atoms with Gasteiger partial charge in [0, 0.05) is 6.92 Å². The number of carbonyl (C=O) groups excluding carboxylic acids is 1. The molecule has 0 aliphatic carbocycles. The van der Waals surface area contributed by atoms with Gasteiger partial charge in [0.15, 0.2) is 6.29 Å². The Morgan fingerprint density at radius 3 is 2.48 bits per heavy atom. The van der Waals surface area contributed by atoms with E-state index < -0.39 is 62.0 Å². The van der Waals surface area contributed by atoms with Crippen LogP contribution in [0.25, 0.3) is 0 Å². The Morgan fingerprint density at radius 2 is 2.00 bits per heavy atom. The van der Waals surface area contributed by atoms with E-state index in [1.165, 1.54) is 6.92 Å². The minimum atomic E-state index is -1.63. The number of hydrogen-bond donors (Lipinski definition) is 7. The molecule has 0 aromatic heterocycles. The number of ether oxygens (including phenoxy) is 2. The highest BCUT2D eigenvalue weighted by atomic mass is 16.7. The molecule has 0 unspecified atom stereocenters. The summed E-state index contributed by atoms with van der Waals surface area (Å²) in [4.78, 5) is 11.1. The van der Waals surface area contributed by atoms with Gasteiger partial charge in [-0.1, -0.05) is 0 Å². The second kappa shape index (κ2) is 9.08. The standard InChI is InChI=1S/C12H23N3O8/c1-5(18)15-6(3-16)7(2-14-13)22-12-11(21)10(20)9(19)8(4-17)23-12/h2,6-12,16-17,19-21H,3-4,13H2,1H3,(H,15,18)/b14-2+/t6-,7-,8+,9-,10-,11+,12+/m0/s1. The zero-order valence-corrected chi connectivity index (χ0v) is 12.5. The third-order valence-corrected chi connectivity index (χ3v) is 3.35. The molecule has 0 saturated carbocycles. The van der Waals surface area contributed by atoms with Crippen molar-refractivity contribution < 1.29 is 39.8 Å². The lowest BCUT2D eigenvalue weighted by atomic mass is 9.99. The predicted octanol–water partition coefficient (Wildman–Crippen LogP) is -4.39. The van der Waals surface area contributed by atoms with Crippen LogP contribution in [0.5, 0.6) is 0 Å². The Labute approximate surface area is 132 Å². The topological polar surface area (TPSA) is 187 Å². The van der Waals surface area contributed by atoms with Gasteiger partial charge in [0.2, 0.25) is 5.91 Å². The van der Waals surface area contributed by atoms with E-state index in [0.29, 0.717) is 0 Å². The van der Waals surface area contributed by atoms with Crippen molar-refractivity contribution in [1.82, 2.24) is 5.32 Å². The minimum Gasteiger partial charge on any atom is -0.394 e. The number of nitrogens with zero attached hydrogens (tertiary/aromatic N) is 1. The Bertz CT molecular complexity index is 408. The molecule has 11 nitrogen and oxygen atoms in total. The van der Waals surface area contributed by atoms with Crippen LogP contribution in [0.15, 0.2) is 5.10 Å². The van der Waals surface area contributed by atoms with Crippen molar-refractivity contribution in [3.8, 4) is 0 Å². The number of aliphatic hydroxyl groups is 5. The molecule has 1 heterocycles. The number of nitrogens with one attached hydrogen (secondary N) is 1. The van der Waals surface area contributed by atoms with E-state index in [1.54, 1.807) is 0 Å². The third kappa shape index (κ3) is 5.07. The first-order valence-corrected chi connectivity index (χ1v) is 6.93. The summed E-state index contributed by atoms with van der Waals surface area (Å²) < 4.78 is 10.6. The second-order valence-corrected chi connectivity index (χ2v) is 5.09. The normalized spacial score (nSPS) is 34.3. The van der Waals surface area contributed by atoms with Crippen LogP contribution in [-0.4, -0.2) is 93.7 Å². The van der Waals surface area contributed by atoms with Crippen molar-refractivity contribution in [3.63, 3.8) is 0 Å². The monoisotopic (exact) mass is 337 g/mol. The van der Waals surface area contributed by atoms with E-state index >= 15 is 0 Å². The van der Waals surface area contributed by atoms with Crippen molar-refractivity contribution in [2.45, 2.75) is 49.8 Å². The largest absolute Gasteiger partial charge is 0.394 e. The van der Waals surface area contributed by atoms with E-state index in [0.717, 1.165) is 6.21 Å². The van der Waals surface area contributed by atoms with Gasteiger partial charge < -0.3 is 46.2 Å². The molecule has 1 saturated heterocycles. The predicted molar refractivity (Wildman–Crippen MR) is 76.0 cm³/mol. The molecule has 7 atom stereocenters. The molecule has 1 rings (SSSR count). The molecule has 0 spiro atoms. The number of amides is 1. The van der Waals surface area contributed by atoms with Gasteiger partial charge in [-0.15, -0.1) is 0 Å². The van der Waals surface area contributed by atoms with Crippen LogP contribution in [0.2, 0.25) is 0 Å². The molecule has 134 valence electrons. The van der Waals surface area contributed by atoms with E-state index in [1.807, 2.05) is 0 Å². The zero-order chi connectivity index (χ0) is 17.6. The summed E-state index contributed by atoms with van der Waals surface area (Å²) in [5, 5.41) is 53.4. The quantitative estimate of drug-likeness (QED) is 0.137. The van der Waals surface area contributed by atoms with Gasteiger partial charge in [0.05, 0.1) is 25.5 Å². The number of aliphatic hydroxyl groups excluding tert-OH is 5. The van der Waals surface area contributed by atoms with Crippen molar-refractivity contribution >= 4 is 12.1 Å². The summed E-state index contributed by atoms with van der Waals surface area (Å²) >= 11 is 0. The maximum Gasteiger partial charge on any atom is 0.217 e. The van der Waals surface area contributed by atoms with Gasteiger partial charge in [-0.05, 0) is 0 Å². The molecule has 0 radical (unpaired) electrons. The van der Waals surface area contributed by atoms with Gasteiger partial charge in [0.1, 0.15) is 30.5 Å². The highest BCUT2D eigenvalue weighted by molar-refractivity contribution is 5.74. The van der Waals surface area contributed by atoms with Gasteiger partial charge in [0.25, 0.3) is 0 Å². The van der Waals surface area contributed by atoms with E-state index in [2.05, 4.69) is 10.4 Å². The van der Waals surface area contributed by atoms with Crippen LogP contribution in [0, 0.1) is 0 Å². The SMILES string of the molecule is CC(=O)N[C@@H](CO)[C@H](/C=N/N)O[C@@H]1O[C@H](CO)[C@H](O)[C@H](O)[C@H]1O. The van der Waals surface area contributed by atoms with Crippen molar-refractivity contribution in [2.24, 2.45) is 10.9 Å². The Morgan fingerprint density at radius 1 is 1.35 bits per heavy atom. The fourth-order valence-corrected chi connectivity index (χ4v) is 2.15. The molecule has 0 bridgehead atoms. The third-order valence-electron chi connectivity index (χ3n) is 3.35. The van der Waals surface area contributed by atoms with Crippen LogP contribution in [0.4, 0.5) is 0 Å². The van der Waals surface area contributed by atoms with Gasteiger partial charge in [-0.2, -0.15) is 5.10 Å². The van der Waals surface area contributed by atoms with Crippen LogP contribution >= 0.6 is 0 Å². The second-order valence-electron chi connectivity index (χ2n) is 5.09. The molecule has 8 N–H and O–H groups in total. The zero-order valence-electron chi connectivity index (χ0n) is 12.5. The number of hydrazone groups is 1. The molecular weight excluding hydrogens is 314 g/mol. The molecule has 1 fully saturated rings. The van der Waals surface area contributed by atoms with E-state index in [4.69, 9.17) is 20.4 Å². The lowest BCUT2D eigenvalue weighted by Crippen LogP contribution is -2.61. The molecule has 11 heteroatoms. The highest BCUT2D eigenvalue weighted by Crippen LogP contribution is 2.23. The number of carbonyl (C=O) groups is 1. The lowest BCUT2D eigenvalue weighted by molar-refractivity contribution is -0.307. The molecule has 1 aliphatic rings. The Hall–Kier alpha value is -1.34. The summed E-state index contributed by atoms with van der Waals surface area (Å²) in [5.41, 5.74) is 0. The average molecular weight is 337 g/mol. The summed E-state index contributed by atoms with van der Waals surface area (Å²) in [6.07, 6.45) is -7.39. The van der Waals surface area contributed by atoms with Crippen LogP contribution in [0.1, 0.15) is 6.92 Å². The van der Waals surface area contributed by atoms with Gasteiger partial charge >= 0.3 is 0 Å². The van der Waals surface area contributed by atoms with Gasteiger partial charge in [-0.25, -0.2) is 0 Å². The fraction of sp³-hybridized carbons (Fsp3) is 0.833. The summed E-state index contributed by atoms with van der Waals surface area (Å²) in [7, 11) is 0. The maximum atomic E-state index is 11.1. The van der Waals surface area contributed by atoms with Crippen LogP contribution < -0.4 is 11.2 Å². The minimum absolute atomic E-state index is 0.447. The fourth-order valence-electron chi connectivity index (χ4n) is 2.15. The average Bonchev–Trinajstić information content (AvgIpc) is 2.52. The van der Waals surface area contributed by atoms with Gasteiger partial charge in [-0.3, -0.25) is 4.79 Å². The first-order valence-electron chi connectivity index (χ1n) is 6.93.